The van der Waals surface area contributed by atoms with Gasteiger partial charge in [-0.15, -0.1) is 0 Å². The molecule has 0 fully saturated rings. The molecule has 0 rings (SSSR count). The van der Waals surface area contributed by atoms with Crippen molar-refractivity contribution in [3.63, 3.8) is 0 Å². The van der Waals surface area contributed by atoms with Crippen molar-refractivity contribution in [2.45, 2.75) is 47.5 Å². The average molecular weight is 337 g/mol. The Balaban J connectivity index is 3.00. The summed E-state index contributed by atoms with van der Waals surface area (Å²) in [5, 5.41) is 0. The molecule has 10 heavy (non-hydrogen) atoms. The van der Waals surface area contributed by atoms with Crippen molar-refractivity contribution in [3.8, 4) is 0 Å². The monoisotopic (exact) mass is 338 g/mol. The summed E-state index contributed by atoms with van der Waals surface area (Å²) in [4.78, 5) is 0. The van der Waals surface area contributed by atoms with E-state index in [-0.39, 0.29) is 0 Å². The van der Waals surface area contributed by atoms with Crippen molar-refractivity contribution in [2.24, 2.45) is 3.54 Å². The summed E-state index contributed by atoms with van der Waals surface area (Å²) in [7, 11) is 0. The molecule has 0 aromatic rings. The topological polar surface area (TPSA) is 26.0 Å². The summed E-state index contributed by atoms with van der Waals surface area (Å²) in [5.74, 6) is 0. The van der Waals surface area contributed by atoms with E-state index >= 15 is 0 Å². The third-order valence-electron chi connectivity index (χ3n) is 1.70. The van der Waals surface area contributed by atoms with Crippen LogP contribution in [0.1, 0.15) is 39.5 Å². The molecule has 2 N–H and O–H groups in total. The summed E-state index contributed by atoms with van der Waals surface area (Å²) in [5.41, 5.74) is 0. The van der Waals surface area contributed by atoms with Crippen molar-refractivity contribution >= 4 is 23.0 Å². The molecule has 0 heterocycles. The fourth-order valence-electron chi connectivity index (χ4n) is 0.933. The predicted octanol–water partition coefficient (Wildman–Crippen LogP) is 2.54. The Bertz CT molecular complexity index is 58.3. The fraction of sp³-hybridized carbons (Fsp3) is 1.00. The molecule has 0 saturated heterocycles. The van der Waals surface area contributed by atoms with Crippen LogP contribution in [0, 0.1) is 0 Å². The molecular weight excluding hydrogens is 317 g/mol. The Hall–Kier alpha value is 0.882. The van der Waals surface area contributed by atoms with E-state index in [4.69, 9.17) is 3.54 Å². The minimum atomic E-state index is -1.38. The van der Waals surface area contributed by atoms with Crippen LogP contribution in [-0.2, 0) is 0 Å². The van der Waals surface area contributed by atoms with Gasteiger partial charge in [0, 0.05) is 0 Å². The van der Waals surface area contributed by atoms with Gasteiger partial charge < -0.3 is 0 Å². The molecule has 0 bridgehead atoms. The first-order chi connectivity index (χ1) is 4.81. The van der Waals surface area contributed by atoms with Gasteiger partial charge in [0.1, 0.15) is 0 Å². The van der Waals surface area contributed by atoms with E-state index in [1.54, 1.807) is 0 Å². The molecule has 2 heteroatoms. The molecular formula is C8H20NPb. The van der Waals surface area contributed by atoms with Crippen LogP contribution in [-0.4, -0.2) is 23.0 Å². The van der Waals surface area contributed by atoms with Gasteiger partial charge in [-0.2, -0.15) is 0 Å². The van der Waals surface area contributed by atoms with Gasteiger partial charge in [-0.3, -0.25) is 0 Å². The zero-order valence-corrected chi connectivity index (χ0v) is 11.2. The Kier molecular flexibility index (Phi) is 8.69. The minimum absolute atomic E-state index is 1.33. The molecule has 0 atom stereocenters. The molecule has 61 valence electrons. The summed E-state index contributed by atoms with van der Waals surface area (Å²) in [6.45, 7) is 4.50. The van der Waals surface area contributed by atoms with Crippen LogP contribution in [0.25, 0.3) is 0 Å². The van der Waals surface area contributed by atoms with Gasteiger partial charge in [0.25, 0.3) is 0 Å². The Morgan fingerprint density at radius 1 is 1.00 bits per heavy atom. The van der Waals surface area contributed by atoms with Crippen LogP contribution in [0.5, 0.6) is 0 Å². The third kappa shape index (κ3) is 6.99. The number of hydrogen-bond acceptors (Lipinski definition) is 1. The number of nitrogens with two attached hydrogens (primary N) is 1. The van der Waals surface area contributed by atoms with Gasteiger partial charge >= 0.3 is 74.0 Å². The van der Waals surface area contributed by atoms with Gasteiger partial charge in [0.2, 0.25) is 0 Å². The van der Waals surface area contributed by atoms with Crippen LogP contribution >= 0.6 is 0 Å². The van der Waals surface area contributed by atoms with E-state index in [1.165, 1.54) is 33.6 Å². The van der Waals surface area contributed by atoms with Crippen LogP contribution in [0.4, 0.5) is 0 Å². The van der Waals surface area contributed by atoms with Crippen molar-refractivity contribution in [1.29, 1.82) is 0 Å². The molecule has 0 unspecified atom stereocenters. The van der Waals surface area contributed by atoms with Crippen LogP contribution in [0.15, 0.2) is 0 Å². The maximum absolute atomic E-state index is 6.06. The van der Waals surface area contributed by atoms with Gasteiger partial charge in [-0.25, -0.2) is 0 Å². The van der Waals surface area contributed by atoms with E-state index in [9.17, 15) is 0 Å². The Morgan fingerprint density at radius 3 is 1.70 bits per heavy atom. The number of unbranched alkanes of at least 4 members (excludes halogenated alkanes) is 2. The molecule has 0 aromatic carbocycles. The summed E-state index contributed by atoms with van der Waals surface area (Å²) in [6, 6.07) is 0. The number of hydrogen-bond donors (Lipinski definition) is 1. The van der Waals surface area contributed by atoms with Gasteiger partial charge in [0.05, 0.1) is 0 Å². The second-order valence-electron chi connectivity index (χ2n) is 2.87. The zero-order valence-electron chi connectivity index (χ0n) is 7.32. The molecule has 1 nitrogen and oxygen atoms in total. The van der Waals surface area contributed by atoms with E-state index in [0.29, 0.717) is 0 Å². The molecule has 0 aromatic heterocycles. The maximum atomic E-state index is 6.06. The van der Waals surface area contributed by atoms with Crippen molar-refractivity contribution in [1.82, 2.24) is 0 Å². The van der Waals surface area contributed by atoms with Gasteiger partial charge in [0.15, 0.2) is 0 Å². The molecule has 1 radical (unpaired) electrons. The zero-order chi connectivity index (χ0) is 7.82. The van der Waals surface area contributed by atoms with E-state index in [1.807, 2.05) is 0 Å². The molecule has 0 saturated carbocycles. The molecule has 0 spiro atoms. The van der Waals surface area contributed by atoms with E-state index in [2.05, 4.69) is 13.8 Å². The summed E-state index contributed by atoms with van der Waals surface area (Å²) in [6.07, 6.45) is 5.44. The Morgan fingerprint density at radius 2 is 1.40 bits per heavy atom. The normalized spacial score (nSPS) is 10.8. The Labute approximate surface area is 73.9 Å². The first kappa shape index (κ1) is 10.9. The van der Waals surface area contributed by atoms with E-state index in [0.717, 1.165) is 0 Å². The average Bonchev–Trinajstić information content (AvgIpc) is 1.97. The summed E-state index contributed by atoms with van der Waals surface area (Å²) >= 11 is -1.38. The first-order valence-electron chi connectivity index (χ1n) is 4.41. The third-order valence-corrected chi connectivity index (χ3v) is 9.45. The molecule has 0 aliphatic heterocycles. The van der Waals surface area contributed by atoms with Crippen molar-refractivity contribution in [2.75, 3.05) is 0 Å². The second-order valence-corrected chi connectivity index (χ2v) is 11.9. The fourth-order valence-corrected chi connectivity index (χ4v) is 8.18. The molecule has 0 aliphatic carbocycles. The van der Waals surface area contributed by atoms with Crippen LogP contribution in [0.3, 0.4) is 0 Å². The molecule has 0 aliphatic rings. The van der Waals surface area contributed by atoms with Gasteiger partial charge in [-0.05, 0) is 0 Å². The second kappa shape index (κ2) is 7.98. The van der Waals surface area contributed by atoms with Gasteiger partial charge in [-0.1, -0.05) is 0 Å². The van der Waals surface area contributed by atoms with E-state index < -0.39 is 23.0 Å². The summed E-state index contributed by atoms with van der Waals surface area (Å²) < 4.78 is 8.92. The molecule has 0 amide bonds. The first-order valence-corrected chi connectivity index (χ1v) is 12.2. The quantitative estimate of drug-likeness (QED) is 0.741. The van der Waals surface area contributed by atoms with Crippen molar-refractivity contribution < 1.29 is 0 Å². The van der Waals surface area contributed by atoms with Crippen LogP contribution in [0.2, 0.25) is 7.96 Å². The predicted molar refractivity (Wildman–Crippen MR) is 49.4 cm³/mol. The van der Waals surface area contributed by atoms with Crippen LogP contribution < -0.4 is 3.54 Å². The van der Waals surface area contributed by atoms with Crippen molar-refractivity contribution in [3.05, 3.63) is 0 Å². The number of rotatable bonds is 6. The standard InChI is InChI=1S/2C4H9.H2N.Pb/c2*1-3-4-2;;/h2*1,3-4H2,2H3;1H2;/q;;-1;+1. The SMILES string of the molecule is CCC[CH2][Pb]([NH2])[CH2]CCC.